The third kappa shape index (κ3) is 3.72. The maximum Gasteiger partial charge on any atom is 0.223 e. The molecular formula is C8H12ClNO2. The van der Waals surface area contributed by atoms with Gasteiger partial charge in [-0.1, -0.05) is 0 Å². The van der Waals surface area contributed by atoms with E-state index in [9.17, 15) is 9.59 Å². The predicted octanol–water partition coefficient (Wildman–Crippen LogP) is 1.06. The van der Waals surface area contributed by atoms with E-state index in [-0.39, 0.29) is 17.1 Å². The standard InChI is InChI=1S/C8H12ClNO2/c9-7(11)2-1-5-10-8(12)6-3-4-6/h6H,1-5H2,(H,10,12). The van der Waals surface area contributed by atoms with Crippen molar-refractivity contribution < 1.29 is 9.59 Å². The number of hydrogen-bond donors (Lipinski definition) is 1. The Bertz CT molecular complexity index is 189. The third-order valence-electron chi connectivity index (χ3n) is 1.80. The molecule has 0 atom stereocenters. The van der Waals surface area contributed by atoms with Gasteiger partial charge in [0.25, 0.3) is 0 Å². The number of carbonyl (C=O) groups excluding carboxylic acids is 2. The summed E-state index contributed by atoms with van der Waals surface area (Å²) < 4.78 is 0. The summed E-state index contributed by atoms with van der Waals surface area (Å²) in [6.07, 6.45) is 3.01. The van der Waals surface area contributed by atoms with Crippen molar-refractivity contribution in [3.8, 4) is 0 Å². The van der Waals surface area contributed by atoms with E-state index in [4.69, 9.17) is 11.6 Å². The quantitative estimate of drug-likeness (QED) is 0.519. The summed E-state index contributed by atoms with van der Waals surface area (Å²) in [6, 6.07) is 0. The van der Waals surface area contributed by atoms with Gasteiger partial charge in [-0.2, -0.15) is 0 Å². The zero-order chi connectivity index (χ0) is 8.97. The van der Waals surface area contributed by atoms with Crippen molar-refractivity contribution in [2.75, 3.05) is 6.54 Å². The molecule has 0 heterocycles. The monoisotopic (exact) mass is 189 g/mol. The molecule has 1 amide bonds. The number of rotatable bonds is 5. The van der Waals surface area contributed by atoms with Crippen LogP contribution >= 0.6 is 11.6 Å². The van der Waals surface area contributed by atoms with Gasteiger partial charge in [-0.05, 0) is 30.9 Å². The Balaban J connectivity index is 1.94. The second-order valence-corrected chi connectivity index (χ2v) is 3.45. The van der Waals surface area contributed by atoms with Crippen molar-refractivity contribution >= 4 is 22.8 Å². The molecule has 0 saturated heterocycles. The first kappa shape index (κ1) is 9.52. The van der Waals surface area contributed by atoms with Gasteiger partial charge in [0.1, 0.15) is 0 Å². The van der Waals surface area contributed by atoms with Crippen LogP contribution in [0.5, 0.6) is 0 Å². The molecule has 0 aromatic heterocycles. The van der Waals surface area contributed by atoms with Crippen LogP contribution in [0.4, 0.5) is 0 Å². The molecule has 4 heteroatoms. The Morgan fingerprint density at radius 2 is 2.08 bits per heavy atom. The first-order chi connectivity index (χ1) is 5.70. The maximum absolute atomic E-state index is 11.0. The van der Waals surface area contributed by atoms with Gasteiger partial charge < -0.3 is 5.32 Å². The molecular weight excluding hydrogens is 178 g/mol. The zero-order valence-corrected chi connectivity index (χ0v) is 7.56. The molecule has 0 aliphatic heterocycles. The van der Waals surface area contributed by atoms with Crippen molar-refractivity contribution in [1.29, 1.82) is 0 Å². The third-order valence-corrected chi connectivity index (χ3v) is 1.99. The number of amides is 1. The zero-order valence-electron chi connectivity index (χ0n) is 6.81. The highest BCUT2D eigenvalue weighted by Crippen LogP contribution is 2.28. The molecule has 1 fully saturated rings. The molecule has 68 valence electrons. The minimum Gasteiger partial charge on any atom is -0.356 e. The molecule has 0 radical (unpaired) electrons. The van der Waals surface area contributed by atoms with E-state index in [1.807, 2.05) is 0 Å². The van der Waals surface area contributed by atoms with Crippen LogP contribution in [0, 0.1) is 5.92 Å². The highest BCUT2D eigenvalue weighted by atomic mass is 35.5. The van der Waals surface area contributed by atoms with E-state index in [1.165, 1.54) is 0 Å². The molecule has 0 aromatic carbocycles. The van der Waals surface area contributed by atoms with Gasteiger partial charge in [0, 0.05) is 18.9 Å². The average molecular weight is 190 g/mol. The van der Waals surface area contributed by atoms with Gasteiger partial charge in [0.15, 0.2) is 0 Å². The normalized spacial score (nSPS) is 15.8. The van der Waals surface area contributed by atoms with Gasteiger partial charge >= 0.3 is 0 Å². The van der Waals surface area contributed by atoms with Gasteiger partial charge in [-0.3, -0.25) is 9.59 Å². The highest BCUT2D eigenvalue weighted by Gasteiger charge is 2.28. The fraction of sp³-hybridized carbons (Fsp3) is 0.750. The van der Waals surface area contributed by atoms with Gasteiger partial charge in [-0.15, -0.1) is 0 Å². The summed E-state index contributed by atoms with van der Waals surface area (Å²) in [7, 11) is 0. The predicted molar refractivity (Wildman–Crippen MR) is 45.8 cm³/mol. The van der Waals surface area contributed by atoms with Crippen molar-refractivity contribution in [3.63, 3.8) is 0 Å². The molecule has 0 unspecified atom stereocenters. The minimum atomic E-state index is -0.337. The second-order valence-electron chi connectivity index (χ2n) is 3.02. The fourth-order valence-corrected chi connectivity index (χ4v) is 1.06. The molecule has 3 nitrogen and oxygen atoms in total. The lowest BCUT2D eigenvalue weighted by atomic mass is 10.3. The molecule has 0 bridgehead atoms. The summed E-state index contributed by atoms with van der Waals surface area (Å²) in [5, 5.41) is 2.41. The van der Waals surface area contributed by atoms with Crippen LogP contribution in [0.2, 0.25) is 0 Å². The van der Waals surface area contributed by atoms with Gasteiger partial charge in [0.05, 0.1) is 0 Å². The van der Waals surface area contributed by atoms with Crippen LogP contribution in [0.3, 0.4) is 0 Å². The first-order valence-electron chi connectivity index (χ1n) is 4.16. The Kier molecular flexibility index (Phi) is 3.53. The number of nitrogens with one attached hydrogen (secondary N) is 1. The van der Waals surface area contributed by atoms with E-state index < -0.39 is 0 Å². The molecule has 0 aromatic rings. The van der Waals surface area contributed by atoms with E-state index >= 15 is 0 Å². The lowest BCUT2D eigenvalue weighted by Crippen LogP contribution is -2.25. The number of halogens is 1. The summed E-state index contributed by atoms with van der Waals surface area (Å²) in [5.41, 5.74) is 0. The highest BCUT2D eigenvalue weighted by molar-refractivity contribution is 6.63. The SMILES string of the molecule is O=C(Cl)CCCNC(=O)C1CC1. The molecule has 12 heavy (non-hydrogen) atoms. The largest absolute Gasteiger partial charge is 0.356 e. The molecule has 1 rings (SSSR count). The van der Waals surface area contributed by atoms with Crippen LogP contribution in [-0.4, -0.2) is 17.7 Å². The van der Waals surface area contributed by atoms with E-state index in [1.54, 1.807) is 0 Å². The van der Waals surface area contributed by atoms with E-state index in [0.717, 1.165) is 12.8 Å². The Hall–Kier alpha value is -0.570. The lowest BCUT2D eigenvalue weighted by Gasteiger charge is -2.01. The summed E-state index contributed by atoms with van der Waals surface area (Å²) in [5.74, 6) is 0.369. The molecule has 0 spiro atoms. The summed E-state index contributed by atoms with van der Waals surface area (Å²) in [4.78, 5) is 21.3. The molecule has 1 N–H and O–H groups in total. The Morgan fingerprint density at radius 3 is 2.58 bits per heavy atom. The van der Waals surface area contributed by atoms with Crippen LogP contribution < -0.4 is 5.32 Å². The topological polar surface area (TPSA) is 46.2 Å². The second kappa shape index (κ2) is 4.45. The van der Waals surface area contributed by atoms with E-state index in [0.29, 0.717) is 19.4 Å². The minimum absolute atomic E-state index is 0.122. The smallest absolute Gasteiger partial charge is 0.223 e. The number of hydrogen-bond acceptors (Lipinski definition) is 2. The van der Waals surface area contributed by atoms with Crippen molar-refractivity contribution in [2.45, 2.75) is 25.7 Å². The first-order valence-corrected chi connectivity index (χ1v) is 4.54. The fourth-order valence-electron chi connectivity index (χ4n) is 0.929. The molecule has 1 aliphatic carbocycles. The van der Waals surface area contributed by atoms with Crippen molar-refractivity contribution in [3.05, 3.63) is 0 Å². The lowest BCUT2D eigenvalue weighted by molar-refractivity contribution is -0.122. The van der Waals surface area contributed by atoms with Gasteiger partial charge in [0.2, 0.25) is 11.1 Å². The average Bonchev–Trinajstić information content (AvgIpc) is 2.79. The Labute approximate surface area is 76.5 Å². The van der Waals surface area contributed by atoms with Crippen LogP contribution in [0.15, 0.2) is 0 Å². The molecule has 1 aliphatic rings. The summed E-state index contributed by atoms with van der Waals surface area (Å²) >= 11 is 5.12. The van der Waals surface area contributed by atoms with Crippen LogP contribution in [-0.2, 0) is 9.59 Å². The number of carbonyl (C=O) groups is 2. The molecule has 1 saturated carbocycles. The summed E-state index contributed by atoms with van der Waals surface area (Å²) in [6.45, 7) is 0.563. The van der Waals surface area contributed by atoms with E-state index in [2.05, 4.69) is 5.32 Å². The van der Waals surface area contributed by atoms with Crippen molar-refractivity contribution in [1.82, 2.24) is 5.32 Å². The van der Waals surface area contributed by atoms with Gasteiger partial charge in [-0.25, -0.2) is 0 Å². The van der Waals surface area contributed by atoms with Crippen molar-refractivity contribution in [2.24, 2.45) is 5.92 Å². The maximum atomic E-state index is 11.0. The van der Waals surface area contributed by atoms with Crippen LogP contribution in [0.25, 0.3) is 0 Å². The Morgan fingerprint density at radius 1 is 1.42 bits per heavy atom. The van der Waals surface area contributed by atoms with Crippen LogP contribution in [0.1, 0.15) is 25.7 Å².